The van der Waals surface area contributed by atoms with Crippen LogP contribution in [0.2, 0.25) is 0 Å². The van der Waals surface area contributed by atoms with E-state index in [4.69, 9.17) is 5.11 Å². The van der Waals surface area contributed by atoms with Crippen molar-refractivity contribution in [2.75, 3.05) is 20.1 Å². The van der Waals surface area contributed by atoms with Crippen molar-refractivity contribution in [3.63, 3.8) is 0 Å². The summed E-state index contributed by atoms with van der Waals surface area (Å²) < 4.78 is 0. The molecule has 0 aliphatic rings. The van der Waals surface area contributed by atoms with E-state index >= 15 is 0 Å². The number of carbonyl (C=O) groups is 3. The summed E-state index contributed by atoms with van der Waals surface area (Å²) in [4.78, 5) is 39.8. The third-order valence-corrected chi connectivity index (χ3v) is 2.68. The van der Waals surface area contributed by atoms with E-state index in [0.717, 1.165) is 4.90 Å². The highest BCUT2D eigenvalue weighted by atomic mass is 16.4. The van der Waals surface area contributed by atoms with Gasteiger partial charge in [-0.15, -0.1) is 0 Å². The fourth-order valence-electron chi connectivity index (χ4n) is 1.59. The number of rotatable bonds is 6. The van der Waals surface area contributed by atoms with E-state index in [1.807, 2.05) is 13.8 Å². The van der Waals surface area contributed by atoms with Crippen LogP contribution in [0.25, 0.3) is 0 Å². The Labute approximate surface area is 123 Å². The van der Waals surface area contributed by atoms with Crippen LogP contribution in [0.5, 0.6) is 0 Å². The smallest absolute Gasteiger partial charge is 0.338 e. The summed E-state index contributed by atoms with van der Waals surface area (Å²) in [5.41, 5.74) is -0.360. The van der Waals surface area contributed by atoms with Gasteiger partial charge in [0.2, 0.25) is 5.91 Å². The Bertz CT molecular complexity index is 543. The van der Waals surface area contributed by atoms with Crippen molar-refractivity contribution in [1.82, 2.24) is 15.2 Å². The Hall–Kier alpha value is -2.44. The highest BCUT2D eigenvalue weighted by molar-refractivity contribution is 6.03. The van der Waals surface area contributed by atoms with Crippen LogP contribution in [0.3, 0.4) is 0 Å². The second kappa shape index (κ2) is 7.37. The molecule has 0 fully saturated rings. The lowest BCUT2D eigenvalue weighted by atomic mass is 10.2. The number of carbonyl (C=O) groups excluding carboxylic acids is 2. The van der Waals surface area contributed by atoms with Gasteiger partial charge >= 0.3 is 5.97 Å². The summed E-state index contributed by atoms with van der Waals surface area (Å²) in [6, 6.07) is 2.74. The number of nitrogens with zero attached hydrogens (tertiary/aromatic N) is 2. The van der Waals surface area contributed by atoms with Gasteiger partial charge in [-0.25, -0.2) is 4.79 Å². The number of hydrogen-bond acceptors (Lipinski definition) is 4. The first-order chi connectivity index (χ1) is 9.82. The zero-order valence-corrected chi connectivity index (χ0v) is 12.3. The summed E-state index contributed by atoms with van der Waals surface area (Å²) >= 11 is 0. The maximum Gasteiger partial charge on any atom is 0.338 e. The van der Waals surface area contributed by atoms with Crippen LogP contribution in [0.15, 0.2) is 18.3 Å². The normalized spacial score (nSPS) is 10.3. The summed E-state index contributed by atoms with van der Waals surface area (Å²) in [5, 5.41) is 11.7. The van der Waals surface area contributed by atoms with E-state index in [1.54, 1.807) is 0 Å². The monoisotopic (exact) mass is 293 g/mol. The van der Waals surface area contributed by atoms with Crippen molar-refractivity contribution < 1.29 is 19.5 Å². The van der Waals surface area contributed by atoms with Crippen LogP contribution >= 0.6 is 0 Å². The molecule has 1 aromatic heterocycles. The standard InChI is InChI=1S/C14H19N3O4/c1-9(2)7-16-11(18)8-17(3)13(19)12-10(14(20)21)5-4-6-15-12/h4-6,9H,7-8H2,1-3H3,(H,16,18)(H,20,21). The Morgan fingerprint density at radius 2 is 2.05 bits per heavy atom. The van der Waals surface area contributed by atoms with Crippen molar-refractivity contribution in [3.05, 3.63) is 29.6 Å². The second-order valence-corrected chi connectivity index (χ2v) is 5.06. The van der Waals surface area contributed by atoms with Gasteiger partial charge in [0.1, 0.15) is 5.69 Å². The highest BCUT2D eigenvalue weighted by Gasteiger charge is 2.22. The molecule has 0 saturated heterocycles. The van der Waals surface area contributed by atoms with Crippen LogP contribution in [0, 0.1) is 5.92 Å². The molecular formula is C14H19N3O4. The topological polar surface area (TPSA) is 99.6 Å². The van der Waals surface area contributed by atoms with E-state index in [9.17, 15) is 14.4 Å². The van der Waals surface area contributed by atoms with Gasteiger partial charge < -0.3 is 15.3 Å². The Balaban J connectivity index is 2.75. The van der Waals surface area contributed by atoms with Crippen LogP contribution in [0.1, 0.15) is 34.7 Å². The fraction of sp³-hybridized carbons (Fsp3) is 0.429. The predicted molar refractivity (Wildman–Crippen MR) is 76.0 cm³/mol. The minimum absolute atomic E-state index is 0.152. The van der Waals surface area contributed by atoms with Crippen molar-refractivity contribution >= 4 is 17.8 Å². The SMILES string of the molecule is CC(C)CNC(=O)CN(C)C(=O)c1ncccc1C(=O)O. The maximum absolute atomic E-state index is 12.2. The average Bonchev–Trinajstić information content (AvgIpc) is 2.44. The molecule has 7 nitrogen and oxygen atoms in total. The molecule has 0 aliphatic carbocycles. The summed E-state index contributed by atoms with van der Waals surface area (Å²) in [7, 11) is 1.43. The Morgan fingerprint density at radius 1 is 1.38 bits per heavy atom. The van der Waals surface area contributed by atoms with E-state index in [-0.39, 0.29) is 23.7 Å². The number of aromatic carboxylic acids is 1. The number of amides is 2. The number of likely N-dealkylation sites (N-methyl/N-ethyl adjacent to an activating group) is 1. The van der Waals surface area contributed by atoms with Crippen LogP contribution in [-0.4, -0.2) is 52.9 Å². The lowest BCUT2D eigenvalue weighted by Crippen LogP contribution is -2.40. The number of aromatic nitrogens is 1. The summed E-state index contributed by atoms with van der Waals surface area (Å²) in [5.74, 6) is -1.83. The van der Waals surface area contributed by atoms with Crippen molar-refractivity contribution in [1.29, 1.82) is 0 Å². The van der Waals surface area contributed by atoms with Gasteiger partial charge in [0, 0.05) is 19.8 Å². The van der Waals surface area contributed by atoms with Gasteiger partial charge in [0.25, 0.3) is 5.91 Å². The van der Waals surface area contributed by atoms with Crippen molar-refractivity contribution in [2.24, 2.45) is 5.92 Å². The van der Waals surface area contributed by atoms with Gasteiger partial charge in [-0.3, -0.25) is 14.6 Å². The van der Waals surface area contributed by atoms with Gasteiger partial charge in [-0.1, -0.05) is 13.8 Å². The second-order valence-electron chi connectivity index (χ2n) is 5.06. The molecule has 0 aromatic carbocycles. The number of carboxylic acids is 1. The molecule has 0 atom stereocenters. The first-order valence-electron chi connectivity index (χ1n) is 6.53. The van der Waals surface area contributed by atoms with Gasteiger partial charge in [-0.2, -0.15) is 0 Å². The van der Waals surface area contributed by atoms with Gasteiger partial charge in [0.15, 0.2) is 0 Å². The number of hydrogen-bond donors (Lipinski definition) is 2. The molecule has 0 spiro atoms. The number of pyridine rings is 1. The lowest BCUT2D eigenvalue weighted by molar-refractivity contribution is -0.121. The molecule has 1 heterocycles. The average molecular weight is 293 g/mol. The molecule has 7 heteroatoms. The zero-order chi connectivity index (χ0) is 16.0. The largest absolute Gasteiger partial charge is 0.478 e. The van der Waals surface area contributed by atoms with Crippen molar-refractivity contribution in [2.45, 2.75) is 13.8 Å². The van der Waals surface area contributed by atoms with Crippen LogP contribution in [-0.2, 0) is 4.79 Å². The minimum Gasteiger partial charge on any atom is -0.478 e. The van der Waals surface area contributed by atoms with E-state index in [0.29, 0.717) is 12.5 Å². The molecule has 0 bridgehead atoms. The van der Waals surface area contributed by atoms with E-state index in [2.05, 4.69) is 10.3 Å². The van der Waals surface area contributed by atoms with Gasteiger partial charge in [0.05, 0.1) is 12.1 Å². The quantitative estimate of drug-likeness (QED) is 0.801. The molecule has 21 heavy (non-hydrogen) atoms. The maximum atomic E-state index is 12.2. The van der Waals surface area contributed by atoms with E-state index in [1.165, 1.54) is 25.4 Å². The molecule has 0 radical (unpaired) electrons. The Kier molecular flexibility index (Phi) is 5.83. The lowest BCUT2D eigenvalue weighted by Gasteiger charge is -2.17. The molecule has 2 amide bonds. The first kappa shape index (κ1) is 16.6. The van der Waals surface area contributed by atoms with Crippen LogP contribution < -0.4 is 5.32 Å². The summed E-state index contributed by atoms with van der Waals surface area (Å²) in [6.45, 7) is 4.29. The number of carboxylic acid groups (broad SMARTS) is 1. The molecule has 0 saturated carbocycles. The minimum atomic E-state index is -1.23. The molecule has 1 aromatic rings. The molecule has 2 N–H and O–H groups in total. The third kappa shape index (κ3) is 4.87. The molecule has 0 aliphatic heterocycles. The van der Waals surface area contributed by atoms with Crippen molar-refractivity contribution in [3.8, 4) is 0 Å². The molecule has 1 rings (SSSR count). The predicted octanol–water partition coefficient (Wildman–Crippen LogP) is 0.624. The molecule has 0 unspecified atom stereocenters. The van der Waals surface area contributed by atoms with Gasteiger partial charge in [-0.05, 0) is 18.1 Å². The third-order valence-electron chi connectivity index (χ3n) is 2.68. The fourth-order valence-corrected chi connectivity index (χ4v) is 1.59. The first-order valence-corrected chi connectivity index (χ1v) is 6.53. The zero-order valence-electron chi connectivity index (χ0n) is 12.3. The highest BCUT2D eigenvalue weighted by Crippen LogP contribution is 2.08. The Morgan fingerprint density at radius 3 is 2.62 bits per heavy atom. The summed E-state index contributed by atoms with van der Waals surface area (Å²) in [6.07, 6.45) is 1.34. The van der Waals surface area contributed by atoms with E-state index < -0.39 is 11.9 Å². The molecular weight excluding hydrogens is 274 g/mol. The van der Waals surface area contributed by atoms with Crippen LogP contribution in [0.4, 0.5) is 0 Å². The number of nitrogens with one attached hydrogen (secondary N) is 1. The molecule has 114 valence electrons.